The fraction of sp³-hybridized carbons (Fsp3) is 0.133. The van der Waals surface area contributed by atoms with Gasteiger partial charge in [0.25, 0.3) is 0 Å². The van der Waals surface area contributed by atoms with E-state index in [9.17, 15) is 0 Å². The fourth-order valence-electron chi connectivity index (χ4n) is 1.94. The van der Waals surface area contributed by atoms with Crippen LogP contribution in [0.5, 0.6) is 0 Å². The summed E-state index contributed by atoms with van der Waals surface area (Å²) in [7, 11) is 0. The minimum Gasteiger partial charge on any atom is -0.276 e. The molecule has 3 aromatic rings. The third-order valence-electron chi connectivity index (χ3n) is 2.95. The summed E-state index contributed by atoms with van der Waals surface area (Å²) in [6, 6.07) is 9.97. The molecular weight excluding hydrogens is 236 g/mol. The van der Waals surface area contributed by atoms with Crippen molar-refractivity contribution < 1.29 is 0 Å². The summed E-state index contributed by atoms with van der Waals surface area (Å²) < 4.78 is 0. The Morgan fingerprint density at radius 1 is 0.789 bits per heavy atom. The van der Waals surface area contributed by atoms with E-state index >= 15 is 0 Å². The van der Waals surface area contributed by atoms with E-state index in [-0.39, 0.29) is 0 Å². The summed E-state index contributed by atoms with van der Waals surface area (Å²) in [5.41, 5.74) is 5.85. The van der Waals surface area contributed by atoms with Crippen LogP contribution in [-0.2, 0) is 0 Å². The van der Waals surface area contributed by atoms with Crippen LogP contribution in [0.15, 0.2) is 42.7 Å². The fourth-order valence-corrected chi connectivity index (χ4v) is 1.94. The third kappa shape index (κ3) is 2.38. The van der Waals surface area contributed by atoms with Gasteiger partial charge in [-0.3, -0.25) is 15.1 Å². The zero-order chi connectivity index (χ0) is 13.2. The maximum absolute atomic E-state index is 4.34. The molecule has 0 unspecified atom stereocenters. The first-order chi connectivity index (χ1) is 9.22. The van der Waals surface area contributed by atoms with Gasteiger partial charge in [-0.1, -0.05) is 0 Å². The van der Waals surface area contributed by atoms with Gasteiger partial charge in [0.2, 0.25) is 0 Å². The molecule has 0 amide bonds. The van der Waals surface area contributed by atoms with Gasteiger partial charge in [-0.05, 0) is 55.3 Å². The summed E-state index contributed by atoms with van der Waals surface area (Å²) in [6.45, 7) is 4.09. The summed E-state index contributed by atoms with van der Waals surface area (Å²) in [4.78, 5) is 8.67. The first-order valence-electron chi connectivity index (χ1n) is 6.14. The van der Waals surface area contributed by atoms with Gasteiger partial charge in [-0.15, -0.1) is 0 Å². The SMILES string of the molecule is Cc1ccnc(-c2cc(-c3cc(C)ccn3)[nH]n2)c1. The van der Waals surface area contributed by atoms with Gasteiger partial charge in [0, 0.05) is 12.4 Å². The Morgan fingerprint density at radius 3 is 2.11 bits per heavy atom. The predicted octanol–water partition coefficient (Wildman–Crippen LogP) is 3.15. The number of aromatic amines is 1. The number of hydrogen-bond donors (Lipinski definition) is 1. The molecule has 0 atom stereocenters. The van der Waals surface area contributed by atoms with E-state index in [4.69, 9.17) is 0 Å². The number of aromatic nitrogens is 4. The van der Waals surface area contributed by atoms with Crippen LogP contribution in [-0.4, -0.2) is 20.2 Å². The van der Waals surface area contributed by atoms with E-state index < -0.39 is 0 Å². The normalized spacial score (nSPS) is 10.6. The molecule has 1 N–H and O–H groups in total. The van der Waals surface area contributed by atoms with Crippen molar-refractivity contribution in [2.45, 2.75) is 13.8 Å². The van der Waals surface area contributed by atoms with E-state index in [0.29, 0.717) is 0 Å². The van der Waals surface area contributed by atoms with Crippen LogP contribution in [0.1, 0.15) is 11.1 Å². The van der Waals surface area contributed by atoms with Crippen molar-refractivity contribution in [2.75, 3.05) is 0 Å². The number of hydrogen-bond acceptors (Lipinski definition) is 3. The summed E-state index contributed by atoms with van der Waals surface area (Å²) >= 11 is 0. The zero-order valence-corrected chi connectivity index (χ0v) is 10.9. The highest BCUT2D eigenvalue weighted by molar-refractivity contribution is 5.64. The molecule has 0 fully saturated rings. The van der Waals surface area contributed by atoms with Crippen molar-refractivity contribution in [3.05, 3.63) is 53.9 Å². The van der Waals surface area contributed by atoms with Crippen molar-refractivity contribution in [1.82, 2.24) is 20.2 Å². The van der Waals surface area contributed by atoms with Crippen molar-refractivity contribution in [1.29, 1.82) is 0 Å². The molecule has 0 aliphatic carbocycles. The molecule has 94 valence electrons. The van der Waals surface area contributed by atoms with Crippen LogP contribution in [0.25, 0.3) is 22.8 Å². The van der Waals surface area contributed by atoms with Crippen LogP contribution >= 0.6 is 0 Å². The highest BCUT2D eigenvalue weighted by atomic mass is 15.1. The minimum absolute atomic E-state index is 0.835. The number of rotatable bonds is 2. The van der Waals surface area contributed by atoms with Crippen molar-refractivity contribution in [3.63, 3.8) is 0 Å². The van der Waals surface area contributed by atoms with E-state index in [2.05, 4.69) is 20.2 Å². The van der Waals surface area contributed by atoms with Gasteiger partial charge in [0.1, 0.15) is 5.69 Å². The molecule has 0 radical (unpaired) electrons. The smallest absolute Gasteiger partial charge is 0.111 e. The lowest BCUT2D eigenvalue weighted by Crippen LogP contribution is -1.83. The highest BCUT2D eigenvalue weighted by Gasteiger charge is 2.07. The first-order valence-corrected chi connectivity index (χ1v) is 6.14. The lowest BCUT2D eigenvalue weighted by Gasteiger charge is -1.97. The predicted molar refractivity (Wildman–Crippen MR) is 74.5 cm³/mol. The van der Waals surface area contributed by atoms with Crippen LogP contribution in [0, 0.1) is 13.8 Å². The van der Waals surface area contributed by atoms with Crippen LogP contribution in [0.2, 0.25) is 0 Å². The van der Waals surface area contributed by atoms with Gasteiger partial charge >= 0.3 is 0 Å². The maximum Gasteiger partial charge on any atom is 0.111 e. The zero-order valence-electron chi connectivity index (χ0n) is 10.9. The van der Waals surface area contributed by atoms with Gasteiger partial charge in [0.15, 0.2) is 0 Å². The number of nitrogens with zero attached hydrogens (tertiary/aromatic N) is 3. The average molecular weight is 250 g/mol. The standard InChI is InChI=1S/C15H14N4/c1-10-3-5-16-12(7-10)14-9-15(19-18-14)13-8-11(2)4-6-17-13/h3-9H,1-2H3,(H,18,19). The Balaban J connectivity index is 2.00. The maximum atomic E-state index is 4.34. The van der Waals surface area contributed by atoms with Crippen LogP contribution < -0.4 is 0 Å². The van der Waals surface area contributed by atoms with Crippen molar-refractivity contribution in [2.24, 2.45) is 0 Å². The van der Waals surface area contributed by atoms with Crippen molar-refractivity contribution >= 4 is 0 Å². The number of pyridine rings is 2. The number of aryl methyl sites for hydroxylation is 2. The quantitative estimate of drug-likeness (QED) is 0.760. The Morgan fingerprint density at radius 2 is 1.42 bits per heavy atom. The lowest BCUT2D eigenvalue weighted by atomic mass is 10.1. The molecule has 3 heterocycles. The van der Waals surface area contributed by atoms with Gasteiger partial charge in [0.05, 0.1) is 17.1 Å². The van der Waals surface area contributed by atoms with Crippen LogP contribution in [0.4, 0.5) is 0 Å². The second-order valence-corrected chi connectivity index (χ2v) is 4.60. The molecule has 19 heavy (non-hydrogen) atoms. The Bertz CT molecular complexity index is 655. The average Bonchev–Trinajstić information content (AvgIpc) is 2.88. The topological polar surface area (TPSA) is 54.5 Å². The molecule has 3 aromatic heterocycles. The highest BCUT2D eigenvalue weighted by Crippen LogP contribution is 2.21. The Hall–Kier alpha value is -2.49. The monoisotopic (exact) mass is 250 g/mol. The minimum atomic E-state index is 0.835. The van der Waals surface area contributed by atoms with Crippen molar-refractivity contribution in [3.8, 4) is 22.8 Å². The summed E-state index contributed by atoms with van der Waals surface area (Å²) in [5, 5.41) is 7.32. The van der Waals surface area contributed by atoms with E-state index in [1.807, 2.05) is 44.2 Å². The lowest BCUT2D eigenvalue weighted by molar-refractivity contribution is 1.08. The second kappa shape index (κ2) is 4.65. The van der Waals surface area contributed by atoms with E-state index in [0.717, 1.165) is 22.8 Å². The van der Waals surface area contributed by atoms with Gasteiger partial charge in [-0.25, -0.2) is 0 Å². The molecule has 4 nitrogen and oxygen atoms in total. The number of nitrogens with one attached hydrogen (secondary N) is 1. The molecule has 0 bridgehead atoms. The second-order valence-electron chi connectivity index (χ2n) is 4.60. The van der Waals surface area contributed by atoms with E-state index in [1.165, 1.54) is 11.1 Å². The molecule has 0 aromatic carbocycles. The Labute approximate surface area is 111 Å². The molecule has 0 saturated heterocycles. The molecule has 0 aliphatic heterocycles. The first kappa shape index (κ1) is 11.6. The van der Waals surface area contributed by atoms with Gasteiger partial charge < -0.3 is 0 Å². The summed E-state index contributed by atoms with van der Waals surface area (Å²) in [6.07, 6.45) is 3.60. The molecule has 0 saturated carbocycles. The van der Waals surface area contributed by atoms with Crippen LogP contribution in [0.3, 0.4) is 0 Å². The Kier molecular flexibility index (Phi) is 2.83. The summed E-state index contributed by atoms with van der Waals surface area (Å²) in [5.74, 6) is 0. The molecule has 4 heteroatoms. The van der Waals surface area contributed by atoms with Gasteiger partial charge in [-0.2, -0.15) is 5.10 Å². The molecular formula is C15H14N4. The molecule has 0 spiro atoms. The third-order valence-corrected chi connectivity index (χ3v) is 2.95. The molecule has 0 aliphatic rings. The molecule has 3 rings (SSSR count). The largest absolute Gasteiger partial charge is 0.276 e. The number of H-pyrrole nitrogens is 1. The van der Waals surface area contributed by atoms with E-state index in [1.54, 1.807) is 12.4 Å².